The van der Waals surface area contributed by atoms with Crippen LogP contribution in [0.5, 0.6) is 0 Å². The summed E-state index contributed by atoms with van der Waals surface area (Å²) in [7, 11) is 2.13. The summed E-state index contributed by atoms with van der Waals surface area (Å²) in [4.78, 5) is 29.8. The van der Waals surface area contributed by atoms with E-state index in [1.165, 1.54) is 0 Å². The van der Waals surface area contributed by atoms with Crippen molar-refractivity contribution < 1.29 is 9.90 Å². The molecule has 1 atom stereocenters. The highest BCUT2D eigenvalue weighted by molar-refractivity contribution is 6.07. The first-order valence-electron chi connectivity index (χ1n) is 12.3. The first-order valence-corrected chi connectivity index (χ1v) is 12.3. The summed E-state index contributed by atoms with van der Waals surface area (Å²) in [5, 5.41) is 17.1. The number of aromatic nitrogens is 3. The third kappa shape index (κ3) is 4.32. The minimum Gasteiger partial charge on any atom is -0.374 e. The van der Waals surface area contributed by atoms with Crippen LogP contribution in [0.2, 0.25) is 0 Å². The van der Waals surface area contributed by atoms with E-state index in [1.807, 2.05) is 36.5 Å². The number of rotatable bonds is 4. The lowest BCUT2D eigenvalue weighted by Gasteiger charge is -2.33. The number of pyridine rings is 2. The van der Waals surface area contributed by atoms with Crippen molar-refractivity contribution in [1.82, 2.24) is 25.2 Å². The second kappa shape index (κ2) is 9.34. The number of benzene rings is 1. The number of hydrogen-bond donors (Lipinski definition) is 4. The van der Waals surface area contributed by atoms with Gasteiger partial charge in [-0.2, -0.15) is 0 Å². The third-order valence-electron chi connectivity index (χ3n) is 7.11. The molecule has 0 aliphatic carbocycles. The smallest absolute Gasteiger partial charge is 0.257 e. The number of nitrogens with zero attached hydrogens (tertiary/aromatic N) is 4. The van der Waals surface area contributed by atoms with Crippen LogP contribution in [0.25, 0.3) is 22.2 Å². The molecule has 1 aromatic carbocycles. The Morgan fingerprint density at radius 2 is 1.94 bits per heavy atom. The largest absolute Gasteiger partial charge is 0.374 e. The summed E-state index contributed by atoms with van der Waals surface area (Å²) in [5.74, 6) is 0.694. The first kappa shape index (κ1) is 22.7. The molecule has 0 radical (unpaired) electrons. The van der Waals surface area contributed by atoms with Crippen molar-refractivity contribution in [2.24, 2.45) is 0 Å². The quantitative estimate of drug-likeness (QED) is 0.353. The number of carbonyl (C=O) groups excluding carboxylic acids is 1. The van der Waals surface area contributed by atoms with Crippen LogP contribution >= 0.6 is 0 Å². The summed E-state index contributed by atoms with van der Waals surface area (Å²) < 4.78 is 0. The monoisotopic (exact) mass is 483 g/mol. The number of aliphatic hydroxyl groups is 1. The van der Waals surface area contributed by atoms with E-state index in [4.69, 9.17) is 0 Å². The fourth-order valence-electron chi connectivity index (χ4n) is 4.96. The van der Waals surface area contributed by atoms with Crippen LogP contribution in [0.4, 0.5) is 11.5 Å². The minimum absolute atomic E-state index is 0.231. The van der Waals surface area contributed by atoms with E-state index in [-0.39, 0.29) is 5.91 Å². The minimum atomic E-state index is -0.632. The second-order valence-electron chi connectivity index (χ2n) is 9.49. The van der Waals surface area contributed by atoms with Gasteiger partial charge in [0, 0.05) is 56.1 Å². The Morgan fingerprint density at radius 1 is 1.08 bits per heavy atom. The van der Waals surface area contributed by atoms with Crippen molar-refractivity contribution in [1.29, 1.82) is 0 Å². The highest BCUT2D eigenvalue weighted by Gasteiger charge is 2.19. The molecule has 1 fully saturated rings. The van der Waals surface area contributed by atoms with Crippen LogP contribution in [0.15, 0.2) is 55.0 Å². The molecular formula is C27H29N7O2. The zero-order valence-electron chi connectivity index (χ0n) is 20.2. The number of amides is 1. The molecule has 1 unspecified atom stereocenters. The molecule has 0 saturated carbocycles. The molecule has 36 heavy (non-hydrogen) atoms. The van der Waals surface area contributed by atoms with Crippen LogP contribution in [-0.4, -0.2) is 70.6 Å². The van der Waals surface area contributed by atoms with Gasteiger partial charge in [-0.15, -0.1) is 0 Å². The number of H-pyrrole nitrogens is 1. The van der Waals surface area contributed by atoms with Gasteiger partial charge in [0.05, 0.1) is 17.4 Å². The Bertz CT molecular complexity index is 1410. The van der Waals surface area contributed by atoms with Crippen LogP contribution in [-0.2, 0) is 6.42 Å². The summed E-state index contributed by atoms with van der Waals surface area (Å²) in [6.07, 6.45) is 5.43. The topological polar surface area (TPSA) is 109 Å². The number of fused-ring (bicyclic) bond motifs is 2. The normalized spacial score (nSPS) is 18.3. The van der Waals surface area contributed by atoms with Crippen molar-refractivity contribution >= 4 is 28.4 Å². The number of piperazine rings is 1. The van der Waals surface area contributed by atoms with Gasteiger partial charge in [0.2, 0.25) is 0 Å². The summed E-state index contributed by atoms with van der Waals surface area (Å²) in [6.45, 7) is 4.66. The summed E-state index contributed by atoms with van der Waals surface area (Å²) >= 11 is 0. The van der Waals surface area contributed by atoms with E-state index < -0.39 is 6.23 Å². The van der Waals surface area contributed by atoms with E-state index in [0.717, 1.165) is 78.2 Å². The van der Waals surface area contributed by atoms with Crippen LogP contribution < -0.4 is 15.5 Å². The van der Waals surface area contributed by atoms with Gasteiger partial charge in [0.1, 0.15) is 17.7 Å². The van der Waals surface area contributed by atoms with Crippen LogP contribution in [0.1, 0.15) is 27.7 Å². The van der Waals surface area contributed by atoms with Crippen molar-refractivity contribution in [2.75, 3.05) is 50.0 Å². The molecule has 2 aliphatic heterocycles. The predicted octanol–water partition coefficient (Wildman–Crippen LogP) is 2.77. The molecule has 0 spiro atoms. The maximum Gasteiger partial charge on any atom is 0.257 e. The van der Waals surface area contributed by atoms with Crippen molar-refractivity contribution in [3.63, 3.8) is 0 Å². The van der Waals surface area contributed by atoms with Gasteiger partial charge in [-0.1, -0.05) is 18.2 Å². The number of aliphatic hydroxyl groups excluding tert-OH is 1. The molecule has 6 rings (SSSR count). The number of hydrogen-bond acceptors (Lipinski definition) is 7. The van der Waals surface area contributed by atoms with Crippen molar-refractivity contribution in [3.8, 4) is 11.1 Å². The number of likely N-dealkylation sites (N-methyl/N-ethyl adjacent to an activating group) is 1. The van der Waals surface area contributed by atoms with Gasteiger partial charge in [-0.25, -0.2) is 9.97 Å². The number of anilines is 2. The Hall–Kier alpha value is -3.79. The molecule has 9 heteroatoms. The van der Waals surface area contributed by atoms with Crippen LogP contribution in [0, 0.1) is 0 Å². The molecular weight excluding hydrogens is 454 g/mol. The summed E-state index contributed by atoms with van der Waals surface area (Å²) in [6, 6.07) is 11.8. The molecule has 3 aromatic heterocycles. The Kier molecular flexibility index (Phi) is 5.88. The van der Waals surface area contributed by atoms with Crippen LogP contribution in [0.3, 0.4) is 0 Å². The van der Waals surface area contributed by atoms with E-state index in [0.29, 0.717) is 11.3 Å². The van der Waals surface area contributed by atoms with E-state index >= 15 is 0 Å². The fourth-order valence-corrected chi connectivity index (χ4v) is 4.96. The highest BCUT2D eigenvalue weighted by atomic mass is 16.3. The van der Waals surface area contributed by atoms with Gasteiger partial charge in [-0.05, 0) is 48.4 Å². The molecule has 4 N–H and O–H groups in total. The molecule has 184 valence electrons. The number of carbonyl (C=O) groups is 1. The molecule has 0 bridgehead atoms. The van der Waals surface area contributed by atoms with E-state index in [1.54, 1.807) is 12.4 Å². The SMILES string of the molecule is CN1CCN(c2ccc(NC(=O)c3cnc4[nH]cc(-c5ccc6c(c5)CCNC6O)c4c3)cn2)CC1. The Balaban J connectivity index is 1.21. The standard InChI is InChI=1S/C27H29N7O2/c1-33-8-10-34(11-9-33)24-5-3-20(15-29-24)32-26(35)19-13-22-23(16-31-25(22)30-14-19)17-2-4-21-18(12-17)6-7-28-27(21)36/h2-5,12-16,27-28,36H,6-11H2,1H3,(H,30,31)(H,32,35). The lowest BCUT2D eigenvalue weighted by atomic mass is 9.94. The molecule has 4 aromatic rings. The predicted molar refractivity (Wildman–Crippen MR) is 140 cm³/mol. The molecule has 1 amide bonds. The second-order valence-corrected chi connectivity index (χ2v) is 9.49. The maximum atomic E-state index is 13.0. The Morgan fingerprint density at radius 3 is 2.75 bits per heavy atom. The average Bonchev–Trinajstić information content (AvgIpc) is 3.33. The number of nitrogens with one attached hydrogen (secondary N) is 3. The van der Waals surface area contributed by atoms with Gasteiger partial charge < -0.3 is 25.2 Å². The zero-order chi connectivity index (χ0) is 24.6. The molecule has 2 aliphatic rings. The third-order valence-corrected chi connectivity index (χ3v) is 7.11. The lowest BCUT2D eigenvalue weighted by Crippen LogP contribution is -2.44. The molecule has 9 nitrogen and oxygen atoms in total. The van der Waals surface area contributed by atoms with E-state index in [2.05, 4.69) is 48.5 Å². The van der Waals surface area contributed by atoms with Gasteiger partial charge in [-0.3, -0.25) is 10.1 Å². The van der Waals surface area contributed by atoms with Crippen molar-refractivity contribution in [3.05, 3.63) is 71.7 Å². The molecule has 1 saturated heterocycles. The average molecular weight is 484 g/mol. The van der Waals surface area contributed by atoms with Crippen molar-refractivity contribution in [2.45, 2.75) is 12.6 Å². The number of aromatic amines is 1. The van der Waals surface area contributed by atoms with E-state index in [9.17, 15) is 9.90 Å². The highest BCUT2D eigenvalue weighted by Crippen LogP contribution is 2.32. The maximum absolute atomic E-state index is 13.0. The summed E-state index contributed by atoms with van der Waals surface area (Å²) in [5.41, 5.74) is 5.88. The van der Waals surface area contributed by atoms with Gasteiger partial charge in [0.25, 0.3) is 5.91 Å². The lowest BCUT2D eigenvalue weighted by molar-refractivity contribution is 0.102. The fraction of sp³-hybridized carbons (Fsp3) is 0.296. The van der Waals surface area contributed by atoms with Gasteiger partial charge in [0.15, 0.2) is 0 Å². The zero-order valence-corrected chi connectivity index (χ0v) is 20.2. The Labute approximate surface area is 209 Å². The first-order chi connectivity index (χ1) is 17.5. The van der Waals surface area contributed by atoms with Gasteiger partial charge >= 0.3 is 0 Å². The molecule has 5 heterocycles.